The molecule has 0 fully saturated rings. The van der Waals surface area contributed by atoms with Crippen molar-refractivity contribution in [2.24, 2.45) is 0 Å². The number of rotatable bonds is 7. The average molecular weight is 284 g/mol. The lowest BCUT2D eigenvalue weighted by molar-refractivity contribution is 0.404. The van der Waals surface area contributed by atoms with Gasteiger partial charge in [0.15, 0.2) is 0 Å². The van der Waals surface area contributed by atoms with E-state index >= 15 is 0 Å². The zero-order valence-corrected chi connectivity index (χ0v) is 13.1. The number of hydrogen-bond acceptors (Lipinski definition) is 3. The highest BCUT2D eigenvalue weighted by atomic mass is 16.5. The highest BCUT2D eigenvalue weighted by molar-refractivity contribution is 5.37. The summed E-state index contributed by atoms with van der Waals surface area (Å²) in [6.07, 6.45) is 3.71. The van der Waals surface area contributed by atoms with E-state index in [-0.39, 0.29) is 0 Å². The van der Waals surface area contributed by atoms with Crippen LogP contribution in [0.4, 0.5) is 0 Å². The van der Waals surface area contributed by atoms with Gasteiger partial charge < -0.3 is 10.1 Å². The van der Waals surface area contributed by atoms with Gasteiger partial charge in [-0.15, -0.1) is 0 Å². The van der Waals surface area contributed by atoms with Gasteiger partial charge >= 0.3 is 0 Å². The first-order valence-corrected chi connectivity index (χ1v) is 7.49. The third-order valence-corrected chi connectivity index (χ3v) is 3.58. The largest absolute Gasteiger partial charge is 0.496 e. The molecule has 0 aliphatic carbocycles. The predicted octanol–water partition coefficient (Wildman–Crippen LogP) is 3.16. The number of ether oxygens (including phenoxy) is 1. The minimum absolute atomic E-state index is 0.362. The Balaban J connectivity index is 2.14. The molecule has 1 N–H and O–H groups in total. The molecule has 0 spiro atoms. The fourth-order valence-corrected chi connectivity index (χ4v) is 2.61. The first kappa shape index (κ1) is 15.5. The Morgan fingerprint density at radius 2 is 2.05 bits per heavy atom. The molecule has 112 valence electrons. The molecule has 3 nitrogen and oxygen atoms in total. The summed E-state index contributed by atoms with van der Waals surface area (Å²) in [5.41, 5.74) is 3.63. The third-order valence-electron chi connectivity index (χ3n) is 3.58. The molecule has 0 aliphatic heterocycles. The minimum Gasteiger partial charge on any atom is -0.496 e. The van der Waals surface area contributed by atoms with Crippen molar-refractivity contribution in [2.75, 3.05) is 13.7 Å². The normalized spacial score (nSPS) is 12.1. The summed E-state index contributed by atoms with van der Waals surface area (Å²) in [6.45, 7) is 5.20. The molecule has 3 heteroatoms. The maximum Gasteiger partial charge on any atom is 0.122 e. The van der Waals surface area contributed by atoms with Crippen LogP contribution in [0, 0.1) is 6.92 Å². The Morgan fingerprint density at radius 3 is 2.71 bits per heavy atom. The van der Waals surface area contributed by atoms with Crippen LogP contribution in [0.3, 0.4) is 0 Å². The molecule has 0 saturated heterocycles. The molecule has 0 saturated carbocycles. The molecule has 2 aromatic rings. The summed E-state index contributed by atoms with van der Waals surface area (Å²) >= 11 is 0. The van der Waals surface area contributed by atoms with E-state index < -0.39 is 0 Å². The van der Waals surface area contributed by atoms with Crippen molar-refractivity contribution in [1.29, 1.82) is 0 Å². The molecule has 0 amide bonds. The second-order valence-electron chi connectivity index (χ2n) is 5.30. The summed E-state index contributed by atoms with van der Waals surface area (Å²) in [5.74, 6) is 0.963. The number of likely N-dealkylation sites (N-methyl/N-ethyl adjacent to an activating group) is 1. The number of aryl methyl sites for hydroxylation is 1. The van der Waals surface area contributed by atoms with E-state index in [0.29, 0.717) is 6.04 Å². The van der Waals surface area contributed by atoms with Crippen LogP contribution in [-0.4, -0.2) is 24.7 Å². The van der Waals surface area contributed by atoms with Gasteiger partial charge in [0.1, 0.15) is 5.75 Å². The zero-order chi connectivity index (χ0) is 15.1. The second-order valence-corrected chi connectivity index (χ2v) is 5.30. The van der Waals surface area contributed by atoms with Gasteiger partial charge in [-0.05, 0) is 43.7 Å². The summed E-state index contributed by atoms with van der Waals surface area (Å²) in [6, 6.07) is 12.8. The van der Waals surface area contributed by atoms with E-state index in [4.69, 9.17) is 4.74 Å². The Labute approximate surface area is 127 Å². The van der Waals surface area contributed by atoms with E-state index in [1.807, 2.05) is 18.3 Å². The number of hydrogen-bond donors (Lipinski definition) is 1. The lowest BCUT2D eigenvalue weighted by Crippen LogP contribution is -2.33. The number of pyridine rings is 1. The molecule has 0 aliphatic rings. The molecule has 1 heterocycles. The first-order chi connectivity index (χ1) is 10.2. The first-order valence-electron chi connectivity index (χ1n) is 7.49. The monoisotopic (exact) mass is 284 g/mol. The van der Waals surface area contributed by atoms with Gasteiger partial charge in [-0.1, -0.05) is 30.7 Å². The average Bonchev–Trinajstić information content (AvgIpc) is 2.49. The maximum atomic E-state index is 5.49. The molecule has 21 heavy (non-hydrogen) atoms. The van der Waals surface area contributed by atoms with Gasteiger partial charge in [0.2, 0.25) is 0 Å². The predicted molar refractivity (Wildman–Crippen MR) is 86.8 cm³/mol. The van der Waals surface area contributed by atoms with Gasteiger partial charge in [-0.3, -0.25) is 4.98 Å². The smallest absolute Gasteiger partial charge is 0.122 e. The summed E-state index contributed by atoms with van der Waals surface area (Å²) < 4.78 is 5.49. The van der Waals surface area contributed by atoms with E-state index in [1.165, 1.54) is 11.1 Å². The van der Waals surface area contributed by atoms with Crippen molar-refractivity contribution in [1.82, 2.24) is 10.3 Å². The van der Waals surface area contributed by atoms with Crippen LogP contribution in [0.25, 0.3) is 0 Å². The van der Waals surface area contributed by atoms with Crippen molar-refractivity contribution in [3.63, 3.8) is 0 Å². The molecule has 1 aromatic carbocycles. The number of aromatic nitrogens is 1. The standard InChI is InChI=1S/C18H24N2O/c1-4-19-17(13-16-7-5-6-10-20-16)12-15-11-14(2)8-9-18(15)21-3/h5-11,17,19H,4,12-13H2,1-3H3. The molecule has 0 bridgehead atoms. The number of benzene rings is 1. The second kappa shape index (κ2) is 7.79. The lowest BCUT2D eigenvalue weighted by atomic mass is 9.99. The van der Waals surface area contributed by atoms with E-state index in [9.17, 15) is 0 Å². The van der Waals surface area contributed by atoms with Gasteiger partial charge in [-0.25, -0.2) is 0 Å². The summed E-state index contributed by atoms with van der Waals surface area (Å²) in [4.78, 5) is 4.43. The fourth-order valence-electron chi connectivity index (χ4n) is 2.61. The molecule has 1 unspecified atom stereocenters. The number of nitrogens with one attached hydrogen (secondary N) is 1. The van der Waals surface area contributed by atoms with E-state index in [2.05, 4.69) is 48.4 Å². The van der Waals surface area contributed by atoms with Crippen LogP contribution in [0.15, 0.2) is 42.6 Å². The van der Waals surface area contributed by atoms with Crippen molar-refractivity contribution in [3.8, 4) is 5.75 Å². The van der Waals surface area contributed by atoms with Crippen LogP contribution in [0.2, 0.25) is 0 Å². The highest BCUT2D eigenvalue weighted by Gasteiger charge is 2.13. The molecule has 0 radical (unpaired) electrons. The van der Waals surface area contributed by atoms with Gasteiger partial charge in [0.25, 0.3) is 0 Å². The number of methoxy groups -OCH3 is 1. The van der Waals surface area contributed by atoms with Crippen LogP contribution in [0.1, 0.15) is 23.7 Å². The van der Waals surface area contributed by atoms with Crippen molar-refractivity contribution in [3.05, 3.63) is 59.4 Å². The molecule has 1 atom stereocenters. The Hall–Kier alpha value is -1.87. The number of nitrogens with zero attached hydrogens (tertiary/aromatic N) is 1. The van der Waals surface area contributed by atoms with Crippen LogP contribution < -0.4 is 10.1 Å². The van der Waals surface area contributed by atoms with E-state index in [1.54, 1.807) is 7.11 Å². The topological polar surface area (TPSA) is 34.2 Å². The maximum absolute atomic E-state index is 5.49. The minimum atomic E-state index is 0.362. The molecule has 1 aromatic heterocycles. The Kier molecular flexibility index (Phi) is 5.76. The molecular formula is C18H24N2O. The van der Waals surface area contributed by atoms with Crippen molar-refractivity contribution in [2.45, 2.75) is 32.7 Å². The Morgan fingerprint density at radius 1 is 1.19 bits per heavy atom. The van der Waals surface area contributed by atoms with Crippen molar-refractivity contribution >= 4 is 0 Å². The lowest BCUT2D eigenvalue weighted by Gasteiger charge is -2.19. The van der Waals surface area contributed by atoms with E-state index in [0.717, 1.165) is 30.8 Å². The van der Waals surface area contributed by atoms with Crippen LogP contribution in [-0.2, 0) is 12.8 Å². The quantitative estimate of drug-likeness (QED) is 0.848. The SMILES string of the molecule is CCNC(Cc1ccccn1)Cc1cc(C)ccc1OC. The van der Waals surface area contributed by atoms with Gasteiger partial charge in [0.05, 0.1) is 7.11 Å². The fraction of sp³-hybridized carbons (Fsp3) is 0.389. The summed E-state index contributed by atoms with van der Waals surface area (Å²) in [7, 11) is 1.73. The highest BCUT2D eigenvalue weighted by Crippen LogP contribution is 2.22. The third kappa shape index (κ3) is 4.57. The van der Waals surface area contributed by atoms with Crippen molar-refractivity contribution < 1.29 is 4.74 Å². The molecule has 2 rings (SSSR count). The van der Waals surface area contributed by atoms with Crippen LogP contribution >= 0.6 is 0 Å². The van der Waals surface area contributed by atoms with Gasteiger partial charge in [0, 0.05) is 24.4 Å². The summed E-state index contributed by atoms with van der Waals surface area (Å²) in [5, 5.41) is 3.55. The Bertz CT molecular complexity index is 554. The van der Waals surface area contributed by atoms with Crippen LogP contribution in [0.5, 0.6) is 5.75 Å². The van der Waals surface area contributed by atoms with Gasteiger partial charge in [-0.2, -0.15) is 0 Å². The molecular weight excluding hydrogens is 260 g/mol. The zero-order valence-electron chi connectivity index (χ0n) is 13.1.